The minimum absolute atomic E-state index is 0.0672. The third-order valence-electron chi connectivity index (χ3n) is 5.19. The van der Waals surface area contributed by atoms with Crippen molar-refractivity contribution in [2.24, 2.45) is 0 Å². The van der Waals surface area contributed by atoms with E-state index in [1.807, 2.05) is 60.9 Å². The van der Waals surface area contributed by atoms with E-state index in [1.165, 1.54) is 24.2 Å². The van der Waals surface area contributed by atoms with Gasteiger partial charge in [0.2, 0.25) is 5.91 Å². The summed E-state index contributed by atoms with van der Waals surface area (Å²) < 4.78 is 2.02. The highest BCUT2D eigenvalue weighted by atomic mass is 32.2. The van der Waals surface area contributed by atoms with Gasteiger partial charge in [-0.05, 0) is 62.1 Å². The van der Waals surface area contributed by atoms with Gasteiger partial charge in [0.1, 0.15) is 5.82 Å². The van der Waals surface area contributed by atoms with Gasteiger partial charge >= 0.3 is 0 Å². The molecule has 4 rings (SSSR count). The van der Waals surface area contributed by atoms with Crippen molar-refractivity contribution in [3.8, 4) is 5.69 Å². The number of ketones is 1. The van der Waals surface area contributed by atoms with E-state index in [-0.39, 0.29) is 17.4 Å². The van der Waals surface area contributed by atoms with E-state index in [0.717, 1.165) is 35.6 Å². The Hall–Kier alpha value is -2.93. The Morgan fingerprint density at radius 3 is 2.60 bits per heavy atom. The van der Waals surface area contributed by atoms with Gasteiger partial charge in [0, 0.05) is 24.1 Å². The highest BCUT2D eigenvalue weighted by molar-refractivity contribution is 7.99. The average Bonchev–Trinajstić information content (AvgIpc) is 3.47. The predicted molar refractivity (Wildman–Crippen MR) is 119 cm³/mol. The molecule has 0 saturated heterocycles. The van der Waals surface area contributed by atoms with Crippen LogP contribution in [0.25, 0.3) is 5.69 Å². The third kappa shape index (κ3) is 4.46. The van der Waals surface area contributed by atoms with Gasteiger partial charge in [-0.1, -0.05) is 30.0 Å². The van der Waals surface area contributed by atoms with Crippen LogP contribution in [-0.4, -0.2) is 32.2 Å². The van der Waals surface area contributed by atoms with Gasteiger partial charge in [-0.3, -0.25) is 14.2 Å². The van der Waals surface area contributed by atoms with Crippen LogP contribution in [-0.2, 0) is 4.79 Å². The molecule has 154 valence electrons. The van der Waals surface area contributed by atoms with Gasteiger partial charge in [0.15, 0.2) is 10.9 Å². The fourth-order valence-corrected chi connectivity index (χ4v) is 4.13. The summed E-state index contributed by atoms with van der Waals surface area (Å²) in [5, 5.41) is 12.3. The molecule has 2 aromatic carbocycles. The number of nitrogens with zero attached hydrogens (tertiary/aromatic N) is 3. The maximum absolute atomic E-state index is 12.7. The number of benzene rings is 2. The molecule has 1 aromatic heterocycles. The second-order valence-electron chi connectivity index (χ2n) is 7.69. The minimum atomic E-state index is -0.119. The molecule has 0 aliphatic heterocycles. The fraction of sp³-hybridized carbons (Fsp3) is 0.304. The molecule has 0 atom stereocenters. The number of hydrogen-bond acceptors (Lipinski definition) is 5. The largest absolute Gasteiger partial charge is 0.326 e. The maximum Gasteiger partial charge on any atom is 0.221 e. The Morgan fingerprint density at radius 1 is 1.10 bits per heavy atom. The molecule has 6 nitrogen and oxygen atoms in total. The molecule has 1 aliphatic rings. The highest BCUT2D eigenvalue weighted by Gasteiger charge is 2.31. The number of aryl methyl sites for hydroxylation is 2. The van der Waals surface area contributed by atoms with E-state index in [4.69, 9.17) is 0 Å². The van der Waals surface area contributed by atoms with E-state index in [9.17, 15) is 9.59 Å². The molecular weight excluding hydrogens is 396 g/mol. The molecule has 0 unspecified atom stereocenters. The first-order valence-corrected chi connectivity index (χ1v) is 11.0. The van der Waals surface area contributed by atoms with E-state index in [2.05, 4.69) is 15.5 Å². The number of carbonyl (C=O) groups is 2. The molecule has 0 radical (unpaired) electrons. The topological polar surface area (TPSA) is 76.9 Å². The highest BCUT2D eigenvalue weighted by Crippen LogP contribution is 2.41. The van der Waals surface area contributed by atoms with Crippen LogP contribution in [0.4, 0.5) is 5.69 Å². The van der Waals surface area contributed by atoms with Crippen molar-refractivity contribution < 1.29 is 9.59 Å². The smallest absolute Gasteiger partial charge is 0.221 e. The molecule has 1 fully saturated rings. The predicted octanol–water partition coefficient (Wildman–Crippen LogP) is 4.69. The van der Waals surface area contributed by atoms with Gasteiger partial charge in [0.25, 0.3) is 0 Å². The zero-order chi connectivity index (χ0) is 21.3. The van der Waals surface area contributed by atoms with Crippen molar-refractivity contribution in [3.05, 3.63) is 65.0 Å². The van der Waals surface area contributed by atoms with Crippen molar-refractivity contribution >= 4 is 29.1 Å². The number of aromatic nitrogens is 3. The lowest BCUT2D eigenvalue weighted by molar-refractivity contribution is -0.114. The third-order valence-corrected chi connectivity index (χ3v) is 6.12. The summed E-state index contributed by atoms with van der Waals surface area (Å²) >= 11 is 1.39. The molecule has 1 saturated carbocycles. The second-order valence-corrected chi connectivity index (χ2v) is 8.64. The van der Waals surface area contributed by atoms with E-state index in [0.29, 0.717) is 16.6 Å². The summed E-state index contributed by atoms with van der Waals surface area (Å²) in [4.78, 5) is 24.2. The lowest BCUT2D eigenvalue weighted by Gasteiger charge is -2.12. The van der Waals surface area contributed by atoms with Crippen LogP contribution in [0.2, 0.25) is 0 Å². The first-order chi connectivity index (χ1) is 14.4. The summed E-state index contributed by atoms with van der Waals surface area (Å²) in [6.07, 6.45) is 2.19. The van der Waals surface area contributed by atoms with Crippen molar-refractivity contribution in [1.82, 2.24) is 14.8 Å². The molecular formula is C23H24N4O2S. The van der Waals surface area contributed by atoms with Crippen LogP contribution in [0.3, 0.4) is 0 Å². The van der Waals surface area contributed by atoms with Crippen molar-refractivity contribution in [1.29, 1.82) is 0 Å². The SMILES string of the molecule is CC(=O)Nc1cccc(-n2c(SCC(=O)c3ccc(C)c(C)c3)nnc2C2CC2)c1. The van der Waals surface area contributed by atoms with Gasteiger partial charge in [-0.2, -0.15) is 0 Å². The monoisotopic (exact) mass is 420 g/mol. The molecule has 30 heavy (non-hydrogen) atoms. The number of carbonyl (C=O) groups excluding carboxylic acids is 2. The number of thioether (sulfide) groups is 1. The Labute approximate surface area is 180 Å². The zero-order valence-electron chi connectivity index (χ0n) is 17.3. The first kappa shape index (κ1) is 20.3. The van der Waals surface area contributed by atoms with Crippen molar-refractivity contribution in [2.75, 3.05) is 11.1 Å². The van der Waals surface area contributed by atoms with Gasteiger partial charge in [0.05, 0.1) is 11.4 Å². The van der Waals surface area contributed by atoms with Gasteiger partial charge < -0.3 is 5.32 Å². The molecule has 1 amide bonds. The standard InChI is InChI=1S/C23H24N4O2S/c1-14-7-8-18(11-15(14)2)21(29)13-30-23-26-25-22(17-9-10-17)27(23)20-6-4-5-19(12-20)24-16(3)28/h4-8,11-12,17H,9-10,13H2,1-3H3,(H,24,28). The molecule has 1 N–H and O–H groups in total. The molecule has 0 bridgehead atoms. The van der Waals surface area contributed by atoms with Gasteiger partial charge in [-0.15, -0.1) is 10.2 Å². The van der Waals surface area contributed by atoms with Crippen LogP contribution < -0.4 is 5.32 Å². The summed E-state index contributed by atoms with van der Waals surface area (Å²) in [7, 11) is 0. The quantitative estimate of drug-likeness (QED) is 0.443. The Kier molecular flexibility index (Phi) is 5.72. The molecule has 7 heteroatoms. The summed E-state index contributed by atoms with van der Waals surface area (Å²) in [6.45, 7) is 5.54. The normalized spacial score (nSPS) is 13.3. The van der Waals surface area contributed by atoms with E-state index < -0.39 is 0 Å². The van der Waals surface area contributed by atoms with Gasteiger partial charge in [-0.25, -0.2) is 0 Å². The molecule has 0 spiro atoms. The number of rotatable bonds is 7. The number of anilines is 1. The number of Topliss-reactive ketones (excluding diaryl/α,β-unsaturated/α-hetero) is 1. The lowest BCUT2D eigenvalue weighted by Crippen LogP contribution is -2.08. The summed E-state index contributed by atoms with van der Waals surface area (Å²) in [6, 6.07) is 13.4. The lowest BCUT2D eigenvalue weighted by atomic mass is 10.0. The number of hydrogen-bond donors (Lipinski definition) is 1. The van der Waals surface area contributed by atoms with Crippen LogP contribution in [0.5, 0.6) is 0 Å². The second kappa shape index (κ2) is 8.44. The van der Waals surface area contributed by atoms with Crippen LogP contribution in [0.1, 0.15) is 53.0 Å². The number of nitrogens with one attached hydrogen (secondary N) is 1. The van der Waals surface area contributed by atoms with E-state index >= 15 is 0 Å². The maximum atomic E-state index is 12.7. The molecule has 3 aromatic rings. The average molecular weight is 421 g/mol. The molecule has 1 aliphatic carbocycles. The van der Waals surface area contributed by atoms with Crippen LogP contribution in [0, 0.1) is 13.8 Å². The van der Waals surface area contributed by atoms with Crippen molar-refractivity contribution in [2.45, 2.75) is 44.7 Å². The fourth-order valence-electron chi connectivity index (χ4n) is 3.28. The number of amides is 1. The zero-order valence-corrected chi connectivity index (χ0v) is 18.1. The van der Waals surface area contributed by atoms with Crippen LogP contribution >= 0.6 is 11.8 Å². The minimum Gasteiger partial charge on any atom is -0.326 e. The Balaban J connectivity index is 1.59. The Morgan fingerprint density at radius 2 is 1.90 bits per heavy atom. The summed E-state index contributed by atoms with van der Waals surface area (Å²) in [5.41, 5.74) is 4.60. The summed E-state index contributed by atoms with van der Waals surface area (Å²) in [5.74, 6) is 1.55. The Bertz CT molecular complexity index is 1120. The van der Waals surface area contributed by atoms with Crippen molar-refractivity contribution in [3.63, 3.8) is 0 Å². The van der Waals surface area contributed by atoms with E-state index in [1.54, 1.807) is 0 Å². The molecule has 1 heterocycles. The van der Waals surface area contributed by atoms with Crippen LogP contribution in [0.15, 0.2) is 47.6 Å². The first-order valence-electron chi connectivity index (χ1n) is 9.99.